The van der Waals surface area contributed by atoms with E-state index < -0.39 is 0 Å². The monoisotopic (exact) mass is 360 g/mol. The Balaban J connectivity index is 1.82. The first-order chi connectivity index (χ1) is 13.9. The van der Waals surface area contributed by atoms with Crippen LogP contribution in [0.2, 0.25) is 0 Å². The van der Waals surface area contributed by atoms with Crippen molar-refractivity contribution in [1.82, 2.24) is 19.1 Å². The fourth-order valence-electron chi connectivity index (χ4n) is 3.99. The van der Waals surface area contributed by atoms with E-state index in [1.807, 2.05) is 24.4 Å². The quantitative estimate of drug-likeness (QED) is 0.408. The highest BCUT2D eigenvalue weighted by atomic mass is 15.3. The fraction of sp³-hybridized carbons (Fsp3) is 0. The first-order valence-corrected chi connectivity index (χ1v) is 9.29. The van der Waals surface area contributed by atoms with Gasteiger partial charge in [0.1, 0.15) is 5.65 Å². The Morgan fingerprint density at radius 2 is 1.29 bits per heavy atom. The van der Waals surface area contributed by atoms with E-state index in [9.17, 15) is 0 Å². The molecule has 4 heteroatoms. The number of para-hydroxylation sites is 4. The van der Waals surface area contributed by atoms with E-state index in [0.29, 0.717) is 0 Å². The summed E-state index contributed by atoms with van der Waals surface area (Å²) >= 11 is 0. The van der Waals surface area contributed by atoms with Crippen LogP contribution >= 0.6 is 0 Å². The zero-order valence-electron chi connectivity index (χ0n) is 15.0. The summed E-state index contributed by atoms with van der Waals surface area (Å²) in [4.78, 5) is 9.73. The van der Waals surface area contributed by atoms with Crippen molar-refractivity contribution >= 4 is 33.0 Å². The highest BCUT2D eigenvalue weighted by Gasteiger charge is 2.19. The van der Waals surface area contributed by atoms with Gasteiger partial charge in [0.05, 0.1) is 16.6 Å². The summed E-state index contributed by atoms with van der Waals surface area (Å²) < 4.78 is 4.37. The minimum Gasteiger partial charge on any atom is -0.278 e. The lowest BCUT2D eigenvalue weighted by atomic mass is 10.2. The molecule has 0 saturated heterocycles. The molecule has 0 aliphatic heterocycles. The van der Waals surface area contributed by atoms with Crippen molar-refractivity contribution in [3.05, 3.63) is 97.2 Å². The Morgan fingerprint density at radius 3 is 2.18 bits per heavy atom. The van der Waals surface area contributed by atoms with Crippen molar-refractivity contribution < 1.29 is 0 Å². The molecule has 132 valence electrons. The molecule has 6 aromatic rings. The summed E-state index contributed by atoms with van der Waals surface area (Å²) in [6, 6.07) is 31.1. The van der Waals surface area contributed by atoms with Gasteiger partial charge in [-0.3, -0.25) is 9.13 Å². The molecular formula is C24H16N4. The maximum Gasteiger partial charge on any atom is 0.221 e. The lowest BCUT2D eigenvalue weighted by molar-refractivity contribution is 0.945. The third-order valence-electron chi connectivity index (χ3n) is 5.19. The summed E-state index contributed by atoms with van der Waals surface area (Å²) in [6.07, 6.45) is 1.84. The summed E-state index contributed by atoms with van der Waals surface area (Å²) in [7, 11) is 0. The highest BCUT2D eigenvalue weighted by molar-refractivity contribution is 6.07. The summed E-state index contributed by atoms with van der Waals surface area (Å²) in [6.45, 7) is 0. The zero-order chi connectivity index (χ0) is 18.5. The Kier molecular flexibility index (Phi) is 3.14. The normalized spacial score (nSPS) is 11.6. The van der Waals surface area contributed by atoms with Crippen LogP contribution in [0.25, 0.3) is 44.6 Å². The lowest BCUT2D eigenvalue weighted by Gasteiger charge is -2.11. The van der Waals surface area contributed by atoms with Gasteiger partial charge in [0, 0.05) is 22.7 Å². The molecule has 0 atom stereocenters. The SMILES string of the molecule is c1ccc(-n2c(-n3c4ccccc4c4cccnc43)nc3ccccc32)cc1. The predicted octanol–water partition coefficient (Wildman–Crippen LogP) is 5.52. The average Bonchev–Trinajstić information content (AvgIpc) is 3.30. The third-order valence-corrected chi connectivity index (χ3v) is 5.19. The number of hydrogen-bond donors (Lipinski definition) is 0. The standard InChI is InChI=1S/C24H16N4/c1-2-9-17(10-3-1)27-22-15-7-5-13-20(22)26-24(27)28-21-14-6-4-11-18(21)19-12-8-16-25-23(19)28/h1-16H. The lowest BCUT2D eigenvalue weighted by Crippen LogP contribution is -2.05. The van der Waals surface area contributed by atoms with E-state index in [1.165, 1.54) is 5.39 Å². The molecule has 0 unspecified atom stereocenters. The van der Waals surface area contributed by atoms with Crippen LogP contribution in [-0.2, 0) is 0 Å². The minimum atomic E-state index is 0.845. The van der Waals surface area contributed by atoms with Gasteiger partial charge in [0.2, 0.25) is 5.95 Å². The van der Waals surface area contributed by atoms with Crippen LogP contribution in [0.1, 0.15) is 0 Å². The van der Waals surface area contributed by atoms with Crippen LogP contribution in [0.4, 0.5) is 0 Å². The van der Waals surface area contributed by atoms with Gasteiger partial charge >= 0.3 is 0 Å². The molecule has 0 amide bonds. The Bertz CT molecular complexity index is 1400. The van der Waals surface area contributed by atoms with E-state index in [4.69, 9.17) is 9.97 Å². The summed E-state index contributed by atoms with van der Waals surface area (Å²) in [5.41, 5.74) is 5.13. The number of benzene rings is 3. The number of aromatic nitrogens is 4. The van der Waals surface area contributed by atoms with Crippen LogP contribution in [-0.4, -0.2) is 19.1 Å². The molecule has 0 fully saturated rings. The second kappa shape index (κ2) is 5.79. The number of nitrogens with zero attached hydrogens (tertiary/aromatic N) is 4. The minimum absolute atomic E-state index is 0.845. The van der Waals surface area contributed by atoms with Gasteiger partial charge in [0.25, 0.3) is 0 Å². The number of fused-ring (bicyclic) bond motifs is 4. The molecule has 3 aromatic heterocycles. The van der Waals surface area contributed by atoms with Crippen molar-refractivity contribution in [2.45, 2.75) is 0 Å². The molecule has 4 nitrogen and oxygen atoms in total. The van der Waals surface area contributed by atoms with Gasteiger partial charge in [-0.2, -0.15) is 0 Å². The van der Waals surface area contributed by atoms with Gasteiger partial charge in [-0.1, -0.05) is 48.5 Å². The molecule has 0 radical (unpaired) electrons. The molecule has 3 aromatic carbocycles. The Labute approximate surface area is 161 Å². The van der Waals surface area contributed by atoms with Crippen LogP contribution in [0, 0.1) is 0 Å². The van der Waals surface area contributed by atoms with E-state index in [-0.39, 0.29) is 0 Å². The number of rotatable bonds is 2. The summed E-state index contributed by atoms with van der Waals surface area (Å²) in [5.74, 6) is 0.845. The molecule has 28 heavy (non-hydrogen) atoms. The topological polar surface area (TPSA) is 35.6 Å². The van der Waals surface area contributed by atoms with E-state index in [0.717, 1.165) is 39.2 Å². The molecule has 0 aliphatic rings. The molecule has 0 bridgehead atoms. The Morgan fingerprint density at radius 1 is 0.571 bits per heavy atom. The number of hydrogen-bond acceptors (Lipinski definition) is 2. The maximum absolute atomic E-state index is 5.02. The second-order valence-corrected chi connectivity index (χ2v) is 6.80. The van der Waals surface area contributed by atoms with E-state index in [1.54, 1.807) is 0 Å². The van der Waals surface area contributed by atoms with Gasteiger partial charge in [-0.05, 0) is 42.5 Å². The zero-order valence-corrected chi connectivity index (χ0v) is 15.0. The summed E-state index contributed by atoms with van der Waals surface area (Å²) in [5, 5.41) is 2.31. The molecule has 0 spiro atoms. The van der Waals surface area contributed by atoms with Crippen molar-refractivity contribution in [2.75, 3.05) is 0 Å². The maximum atomic E-state index is 5.02. The van der Waals surface area contributed by atoms with Crippen LogP contribution in [0.15, 0.2) is 97.2 Å². The van der Waals surface area contributed by atoms with Gasteiger partial charge in [0.15, 0.2) is 0 Å². The molecule has 0 saturated carbocycles. The molecule has 3 heterocycles. The number of imidazole rings is 1. The third kappa shape index (κ3) is 2.06. The van der Waals surface area contributed by atoms with Gasteiger partial charge in [-0.25, -0.2) is 9.97 Å². The smallest absolute Gasteiger partial charge is 0.221 e. The van der Waals surface area contributed by atoms with Gasteiger partial charge in [-0.15, -0.1) is 0 Å². The molecule has 0 N–H and O–H groups in total. The Hall–Kier alpha value is -3.92. The first kappa shape index (κ1) is 15.2. The average molecular weight is 360 g/mol. The van der Waals surface area contributed by atoms with Crippen molar-refractivity contribution in [2.24, 2.45) is 0 Å². The van der Waals surface area contributed by atoms with Crippen molar-refractivity contribution in [1.29, 1.82) is 0 Å². The predicted molar refractivity (Wildman–Crippen MR) is 113 cm³/mol. The largest absolute Gasteiger partial charge is 0.278 e. The number of pyridine rings is 1. The van der Waals surface area contributed by atoms with Crippen LogP contribution in [0.3, 0.4) is 0 Å². The highest BCUT2D eigenvalue weighted by Crippen LogP contribution is 2.32. The van der Waals surface area contributed by atoms with E-state index in [2.05, 4.69) is 81.9 Å². The second-order valence-electron chi connectivity index (χ2n) is 6.80. The van der Waals surface area contributed by atoms with Crippen molar-refractivity contribution in [3.63, 3.8) is 0 Å². The first-order valence-electron chi connectivity index (χ1n) is 9.29. The molecular weight excluding hydrogens is 344 g/mol. The van der Waals surface area contributed by atoms with Crippen LogP contribution < -0.4 is 0 Å². The fourth-order valence-corrected chi connectivity index (χ4v) is 3.99. The van der Waals surface area contributed by atoms with Crippen molar-refractivity contribution in [3.8, 4) is 11.6 Å². The molecule has 0 aliphatic carbocycles. The van der Waals surface area contributed by atoms with Crippen LogP contribution in [0.5, 0.6) is 0 Å². The molecule has 6 rings (SSSR count). The van der Waals surface area contributed by atoms with Gasteiger partial charge < -0.3 is 0 Å². The van der Waals surface area contributed by atoms with E-state index >= 15 is 0 Å².